The first-order valence-electron chi connectivity index (χ1n) is 6.00. The van der Waals surface area contributed by atoms with Gasteiger partial charge in [0.05, 0.1) is 37.4 Å². The number of aromatic nitrogens is 2. The Bertz CT molecular complexity index is 303. The van der Waals surface area contributed by atoms with Gasteiger partial charge in [-0.2, -0.15) is 0 Å². The van der Waals surface area contributed by atoms with Crippen LogP contribution in [0.15, 0.2) is 12.4 Å². The molecular formula is C12H21N3O2. The number of ether oxygens (including phenoxy) is 2. The summed E-state index contributed by atoms with van der Waals surface area (Å²) >= 11 is 0. The fraction of sp³-hybridized carbons (Fsp3) is 0.667. The Labute approximate surface area is 103 Å². The van der Waals surface area contributed by atoms with Crippen molar-refractivity contribution in [2.24, 2.45) is 0 Å². The topological polar surface area (TPSA) is 56.3 Å². The van der Waals surface area contributed by atoms with Gasteiger partial charge < -0.3 is 14.8 Å². The number of hydrogen-bond acceptors (Lipinski definition) is 5. The number of rotatable bonds is 8. The van der Waals surface area contributed by atoms with Gasteiger partial charge in [0.25, 0.3) is 0 Å². The van der Waals surface area contributed by atoms with Crippen molar-refractivity contribution in [1.29, 1.82) is 0 Å². The van der Waals surface area contributed by atoms with Gasteiger partial charge in [-0.25, -0.2) is 4.98 Å². The Morgan fingerprint density at radius 2 is 2.12 bits per heavy atom. The van der Waals surface area contributed by atoms with Crippen LogP contribution < -0.4 is 5.32 Å². The van der Waals surface area contributed by atoms with Crippen LogP contribution >= 0.6 is 0 Å². The van der Waals surface area contributed by atoms with Gasteiger partial charge in [0.1, 0.15) is 5.82 Å². The third-order valence-corrected chi connectivity index (χ3v) is 2.14. The number of hydrogen-bond donors (Lipinski definition) is 1. The van der Waals surface area contributed by atoms with Gasteiger partial charge in [0, 0.05) is 13.2 Å². The van der Waals surface area contributed by atoms with Gasteiger partial charge in [-0.1, -0.05) is 0 Å². The lowest BCUT2D eigenvalue weighted by molar-refractivity contribution is -0.0128. The summed E-state index contributed by atoms with van der Waals surface area (Å²) in [5.41, 5.74) is 0.829. The van der Waals surface area contributed by atoms with Gasteiger partial charge in [-0.15, -0.1) is 0 Å². The summed E-state index contributed by atoms with van der Waals surface area (Å²) in [6.45, 7) is 8.61. The van der Waals surface area contributed by atoms with E-state index in [1.165, 1.54) is 0 Å². The number of nitrogens with one attached hydrogen (secondary N) is 1. The average molecular weight is 239 g/mol. The van der Waals surface area contributed by atoms with Crippen LogP contribution in [0, 0.1) is 0 Å². The molecule has 0 aliphatic rings. The lowest BCUT2D eigenvalue weighted by Crippen LogP contribution is -2.16. The summed E-state index contributed by atoms with van der Waals surface area (Å²) in [4.78, 5) is 8.48. The quantitative estimate of drug-likeness (QED) is 0.750. The SMILES string of the molecule is CCNc1cnc(COC(C)COCC)cn1. The third kappa shape index (κ3) is 5.60. The van der Waals surface area contributed by atoms with Crippen LogP contribution in [0.3, 0.4) is 0 Å². The summed E-state index contributed by atoms with van der Waals surface area (Å²) in [6.07, 6.45) is 3.52. The Kier molecular flexibility index (Phi) is 6.50. The van der Waals surface area contributed by atoms with Crippen molar-refractivity contribution >= 4 is 5.82 Å². The van der Waals surface area contributed by atoms with Crippen LogP contribution in [0.2, 0.25) is 0 Å². The van der Waals surface area contributed by atoms with Crippen molar-refractivity contribution in [3.63, 3.8) is 0 Å². The molecule has 1 heterocycles. The van der Waals surface area contributed by atoms with Gasteiger partial charge in [-0.3, -0.25) is 4.98 Å². The molecule has 1 unspecified atom stereocenters. The maximum atomic E-state index is 5.58. The molecule has 0 saturated carbocycles. The van der Waals surface area contributed by atoms with E-state index >= 15 is 0 Å². The van der Waals surface area contributed by atoms with Crippen LogP contribution in [0.1, 0.15) is 26.5 Å². The zero-order chi connectivity index (χ0) is 12.5. The van der Waals surface area contributed by atoms with Crippen LogP contribution in [-0.4, -0.2) is 35.8 Å². The van der Waals surface area contributed by atoms with E-state index in [2.05, 4.69) is 15.3 Å². The first-order chi connectivity index (χ1) is 8.26. The Hall–Kier alpha value is -1.20. The molecule has 1 atom stereocenters. The molecular weight excluding hydrogens is 218 g/mol. The van der Waals surface area contributed by atoms with Gasteiger partial charge >= 0.3 is 0 Å². The van der Waals surface area contributed by atoms with E-state index in [1.807, 2.05) is 20.8 Å². The highest BCUT2D eigenvalue weighted by Gasteiger charge is 2.03. The number of anilines is 1. The van der Waals surface area contributed by atoms with Crippen molar-refractivity contribution in [3.05, 3.63) is 18.1 Å². The zero-order valence-electron chi connectivity index (χ0n) is 10.8. The molecule has 0 saturated heterocycles. The van der Waals surface area contributed by atoms with Crippen molar-refractivity contribution in [3.8, 4) is 0 Å². The van der Waals surface area contributed by atoms with E-state index in [4.69, 9.17) is 9.47 Å². The smallest absolute Gasteiger partial charge is 0.144 e. The maximum Gasteiger partial charge on any atom is 0.144 e. The lowest BCUT2D eigenvalue weighted by atomic mass is 10.4. The van der Waals surface area contributed by atoms with Gasteiger partial charge in [0.2, 0.25) is 0 Å². The molecule has 96 valence electrons. The Morgan fingerprint density at radius 3 is 2.71 bits per heavy atom. The first kappa shape index (κ1) is 13.9. The summed E-state index contributed by atoms with van der Waals surface area (Å²) in [7, 11) is 0. The molecule has 0 radical (unpaired) electrons. The number of nitrogens with zero attached hydrogens (tertiary/aromatic N) is 2. The second-order valence-corrected chi connectivity index (χ2v) is 3.70. The standard InChI is InChI=1S/C12H21N3O2/c1-4-13-12-7-14-11(6-15-12)9-17-10(3)8-16-5-2/h6-7,10H,4-5,8-9H2,1-3H3,(H,13,15). The van der Waals surface area contributed by atoms with E-state index in [0.29, 0.717) is 19.8 Å². The Balaban J connectivity index is 2.31. The predicted octanol–water partition coefficient (Wildman–Crippen LogP) is 1.85. The van der Waals surface area contributed by atoms with Gasteiger partial charge in [-0.05, 0) is 20.8 Å². The molecule has 1 N–H and O–H groups in total. The van der Waals surface area contributed by atoms with Crippen LogP contribution in [0.5, 0.6) is 0 Å². The summed E-state index contributed by atoms with van der Waals surface area (Å²) in [5.74, 6) is 0.790. The second kappa shape index (κ2) is 7.97. The molecule has 17 heavy (non-hydrogen) atoms. The minimum Gasteiger partial charge on any atom is -0.379 e. The van der Waals surface area contributed by atoms with Crippen LogP contribution in [0.4, 0.5) is 5.82 Å². The molecule has 0 fully saturated rings. The lowest BCUT2D eigenvalue weighted by Gasteiger charge is -2.12. The molecule has 0 bridgehead atoms. The average Bonchev–Trinajstić information content (AvgIpc) is 2.36. The normalized spacial score (nSPS) is 12.4. The summed E-state index contributed by atoms with van der Waals surface area (Å²) in [6, 6.07) is 0. The molecule has 0 spiro atoms. The van der Waals surface area contributed by atoms with Crippen molar-refractivity contribution in [1.82, 2.24) is 9.97 Å². The molecule has 1 rings (SSSR count). The maximum absolute atomic E-state index is 5.58. The molecule has 0 amide bonds. The molecule has 0 aliphatic carbocycles. The monoisotopic (exact) mass is 239 g/mol. The van der Waals surface area contributed by atoms with Crippen LogP contribution in [0.25, 0.3) is 0 Å². The molecule has 1 aromatic heterocycles. The van der Waals surface area contributed by atoms with E-state index in [-0.39, 0.29) is 6.10 Å². The van der Waals surface area contributed by atoms with Gasteiger partial charge in [0.15, 0.2) is 0 Å². The predicted molar refractivity (Wildman–Crippen MR) is 66.9 cm³/mol. The highest BCUT2D eigenvalue weighted by Crippen LogP contribution is 2.03. The Morgan fingerprint density at radius 1 is 1.29 bits per heavy atom. The molecule has 5 heteroatoms. The van der Waals surface area contributed by atoms with E-state index in [1.54, 1.807) is 12.4 Å². The molecule has 1 aromatic rings. The molecule has 0 aliphatic heterocycles. The zero-order valence-corrected chi connectivity index (χ0v) is 10.8. The van der Waals surface area contributed by atoms with E-state index < -0.39 is 0 Å². The fourth-order valence-electron chi connectivity index (χ4n) is 1.26. The highest BCUT2D eigenvalue weighted by atomic mass is 16.5. The first-order valence-corrected chi connectivity index (χ1v) is 6.00. The minimum absolute atomic E-state index is 0.0743. The molecule has 0 aromatic carbocycles. The van der Waals surface area contributed by atoms with E-state index in [9.17, 15) is 0 Å². The third-order valence-electron chi connectivity index (χ3n) is 2.14. The van der Waals surface area contributed by atoms with E-state index in [0.717, 1.165) is 18.1 Å². The van der Waals surface area contributed by atoms with Crippen LogP contribution in [-0.2, 0) is 16.1 Å². The largest absolute Gasteiger partial charge is 0.379 e. The van der Waals surface area contributed by atoms with Crippen molar-refractivity contribution < 1.29 is 9.47 Å². The van der Waals surface area contributed by atoms with Crippen molar-refractivity contribution in [2.75, 3.05) is 25.1 Å². The van der Waals surface area contributed by atoms with Crippen molar-refractivity contribution in [2.45, 2.75) is 33.5 Å². The highest BCUT2D eigenvalue weighted by molar-refractivity contribution is 5.30. The fourth-order valence-corrected chi connectivity index (χ4v) is 1.26. The second-order valence-electron chi connectivity index (χ2n) is 3.70. The summed E-state index contributed by atoms with van der Waals surface area (Å²) in [5, 5.41) is 3.09. The molecule has 5 nitrogen and oxygen atoms in total. The summed E-state index contributed by atoms with van der Waals surface area (Å²) < 4.78 is 10.8. The minimum atomic E-state index is 0.0743.